The molecule has 0 bridgehead atoms. The SMILES string of the molecule is CCC1CS(=O)c2ccc(N(C)C)cc2CO1.CCCC.Nc1ccccc1. The number of benzene rings is 2. The van der Waals surface area contributed by atoms with Crippen LogP contribution < -0.4 is 10.6 Å². The van der Waals surface area contributed by atoms with E-state index in [1.807, 2.05) is 61.5 Å². The van der Waals surface area contributed by atoms with E-state index < -0.39 is 10.8 Å². The lowest BCUT2D eigenvalue weighted by molar-refractivity contribution is 0.0545. The van der Waals surface area contributed by atoms with Crippen LogP contribution in [0.15, 0.2) is 53.4 Å². The van der Waals surface area contributed by atoms with Crippen LogP contribution >= 0.6 is 0 Å². The molecular weight excluding hydrogens is 368 g/mol. The Labute approximate surface area is 173 Å². The van der Waals surface area contributed by atoms with Crippen LogP contribution in [0.4, 0.5) is 11.4 Å². The fourth-order valence-corrected chi connectivity index (χ4v) is 3.86. The highest BCUT2D eigenvalue weighted by Crippen LogP contribution is 2.26. The topological polar surface area (TPSA) is 55.6 Å². The van der Waals surface area contributed by atoms with Crippen molar-refractivity contribution in [3.05, 3.63) is 54.1 Å². The van der Waals surface area contributed by atoms with Gasteiger partial charge >= 0.3 is 0 Å². The van der Waals surface area contributed by atoms with Gasteiger partial charge in [0.05, 0.1) is 29.3 Å². The highest BCUT2D eigenvalue weighted by atomic mass is 32.2. The lowest BCUT2D eigenvalue weighted by Gasteiger charge is -2.14. The van der Waals surface area contributed by atoms with Gasteiger partial charge in [-0.3, -0.25) is 4.21 Å². The van der Waals surface area contributed by atoms with E-state index in [1.165, 1.54) is 12.8 Å². The molecule has 28 heavy (non-hydrogen) atoms. The number of nitrogens with zero attached hydrogens (tertiary/aromatic N) is 1. The number of anilines is 2. The van der Waals surface area contributed by atoms with Crippen molar-refractivity contribution in [3.8, 4) is 0 Å². The first-order valence-corrected chi connectivity index (χ1v) is 11.3. The summed E-state index contributed by atoms with van der Waals surface area (Å²) in [5.74, 6) is 0.616. The Morgan fingerprint density at radius 3 is 2.18 bits per heavy atom. The van der Waals surface area contributed by atoms with E-state index in [2.05, 4.69) is 26.8 Å². The van der Waals surface area contributed by atoms with E-state index in [9.17, 15) is 4.21 Å². The van der Waals surface area contributed by atoms with Crippen molar-refractivity contribution in [2.24, 2.45) is 0 Å². The fraction of sp³-hybridized carbons (Fsp3) is 0.478. The number of rotatable bonds is 3. The summed E-state index contributed by atoms with van der Waals surface area (Å²) in [5, 5.41) is 0. The molecule has 2 unspecified atom stereocenters. The second-order valence-corrected chi connectivity index (χ2v) is 8.41. The maximum atomic E-state index is 12.2. The number of nitrogens with two attached hydrogens (primary N) is 1. The predicted molar refractivity (Wildman–Crippen MR) is 122 cm³/mol. The summed E-state index contributed by atoms with van der Waals surface area (Å²) in [6.45, 7) is 7.00. The van der Waals surface area contributed by atoms with E-state index >= 15 is 0 Å². The quantitative estimate of drug-likeness (QED) is 0.710. The Bertz CT molecular complexity index is 703. The minimum atomic E-state index is -0.927. The number of hydrogen-bond acceptors (Lipinski definition) is 4. The summed E-state index contributed by atoms with van der Waals surface area (Å²) in [6, 6.07) is 15.6. The number of nitrogen functional groups attached to an aromatic ring is 1. The molecule has 0 amide bonds. The average molecular weight is 405 g/mol. The van der Waals surface area contributed by atoms with Gasteiger partial charge in [0.15, 0.2) is 0 Å². The molecule has 0 fully saturated rings. The van der Waals surface area contributed by atoms with E-state index in [4.69, 9.17) is 10.5 Å². The Morgan fingerprint density at radius 1 is 1.07 bits per heavy atom. The zero-order valence-electron chi connectivity index (χ0n) is 18.0. The van der Waals surface area contributed by atoms with Crippen LogP contribution in [0.25, 0.3) is 0 Å². The molecule has 0 radical (unpaired) electrons. The van der Waals surface area contributed by atoms with Crippen LogP contribution in [0.1, 0.15) is 45.6 Å². The Kier molecular flexibility index (Phi) is 11.5. The number of ether oxygens (including phenoxy) is 1. The van der Waals surface area contributed by atoms with Crippen molar-refractivity contribution in [2.75, 3.05) is 30.5 Å². The van der Waals surface area contributed by atoms with E-state index in [0.717, 1.165) is 28.3 Å². The van der Waals surface area contributed by atoms with Crippen LogP contribution in [0.5, 0.6) is 0 Å². The largest absolute Gasteiger partial charge is 0.399 e. The molecule has 5 heteroatoms. The summed E-state index contributed by atoms with van der Waals surface area (Å²) in [6.07, 6.45) is 3.67. The van der Waals surface area contributed by atoms with Crippen molar-refractivity contribution in [1.29, 1.82) is 0 Å². The summed E-state index contributed by atoms with van der Waals surface area (Å²) in [5.41, 5.74) is 8.36. The molecule has 1 aliphatic rings. The van der Waals surface area contributed by atoms with Crippen LogP contribution in [0.2, 0.25) is 0 Å². The van der Waals surface area contributed by atoms with Crippen LogP contribution in [-0.4, -0.2) is 30.2 Å². The molecule has 3 rings (SSSR count). The lowest BCUT2D eigenvalue weighted by Crippen LogP contribution is -2.16. The van der Waals surface area contributed by atoms with Gasteiger partial charge in [0.25, 0.3) is 0 Å². The standard InChI is InChI=1S/C13H19NO2S.C6H7N.C4H10/c1-4-12-9-17(15)13-6-5-11(14(2)3)7-10(13)8-16-12;7-6-4-2-1-3-5-6;1-3-4-2/h5-7,12H,4,8-9H2,1-3H3;1-5H,7H2;3-4H2,1-2H3. The fourth-order valence-electron chi connectivity index (χ4n) is 2.38. The van der Waals surface area contributed by atoms with Crippen molar-refractivity contribution in [1.82, 2.24) is 0 Å². The van der Waals surface area contributed by atoms with Crippen molar-refractivity contribution < 1.29 is 8.95 Å². The molecule has 0 saturated carbocycles. The Balaban J connectivity index is 0.000000293. The van der Waals surface area contributed by atoms with Crippen molar-refractivity contribution in [3.63, 3.8) is 0 Å². The second-order valence-electron chi connectivity index (χ2n) is 6.95. The van der Waals surface area contributed by atoms with Crippen molar-refractivity contribution in [2.45, 2.75) is 57.6 Å². The molecule has 2 N–H and O–H groups in total. The van der Waals surface area contributed by atoms with Gasteiger partial charge in [0.1, 0.15) is 0 Å². The van der Waals surface area contributed by atoms with Gasteiger partial charge in [-0.2, -0.15) is 0 Å². The van der Waals surface area contributed by atoms with Crippen molar-refractivity contribution >= 4 is 22.2 Å². The molecule has 2 atom stereocenters. The number of fused-ring (bicyclic) bond motifs is 1. The highest BCUT2D eigenvalue weighted by molar-refractivity contribution is 7.85. The van der Waals surface area contributed by atoms with Gasteiger partial charge in [0, 0.05) is 30.4 Å². The average Bonchev–Trinajstić information content (AvgIpc) is 2.87. The molecule has 0 aromatic heterocycles. The van der Waals surface area contributed by atoms with Gasteiger partial charge in [0.2, 0.25) is 0 Å². The van der Waals surface area contributed by atoms with Gasteiger partial charge in [-0.1, -0.05) is 51.8 Å². The summed E-state index contributed by atoms with van der Waals surface area (Å²) in [7, 11) is 3.08. The van der Waals surface area contributed by atoms with Crippen LogP contribution in [0, 0.1) is 0 Å². The number of unbranched alkanes of at least 4 members (excludes halogenated alkanes) is 1. The van der Waals surface area contributed by atoms with Gasteiger partial charge < -0.3 is 15.4 Å². The van der Waals surface area contributed by atoms with Gasteiger partial charge in [-0.25, -0.2) is 0 Å². The second kappa shape index (κ2) is 13.3. The number of hydrogen-bond donors (Lipinski definition) is 1. The first kappa shape index (κ1) is 24.2. The van der Waals surface area contributed by atoms with Gasteiger partial charge in [-0.15, -0.1) is 0 Å². The maximum absolute atomic E-state index is 12.2. The molecule has 1 heterocycles. The Morgan fingerprint density at radius 2 is 1.71 bits per heavy atom. The summed E-state index contributed by atoms with van der Waals surface area (Å²) < 4.78 is 17.9. The third-order valence-corrected chi connectivity index (χ3v) is 5.94. The van der Waals surface area contributed by atoms with E-state index in [0.29, 0.717) is 12.4 Å². The minimum Gasteiger partial charge on any atom is -0.399 e. The predicted octanol–water partition coefficient (Wildman–Crippen LogP) is 5.24. The van der Waals surface area contributed by atoms with Gasteiger partial charge in [-0.05, 0) is 42.3 Å². The minimum absolute atomic E-state index is 0.117. The van der Waals surface area contributed by atoms with E-state index in [-0.39, 0.29) is 6.10 Å². The smallest absolute Gasteiger partial charge is 0.0733 e. The zero-order valence-corrected chi connectivity index (χ0v) is 18.8. The number of para-hydroxylation sites is 1. The third kappa shape index (κ3) is 8.44. The Hall–Kier alpha value is -1.85. The lowest BCUT2D eigenvalue weighted by atomic mass is 10.2. The normalized spacial score (nSPS) is 17.8. The maximum Gasteiger partial charge on any atom is 0.0733 e. The molecule has 0 spiro atoms. The molecular formula is C23H36N2O2S. The van der Waals surface area contributed by atoms with Crippen LogP contribution in [-0.2, 0) is 22.1 Å². The third-order valence-electron chi connectivity index (χ3n) is 4.37. The van der Waals surface area contributed by atoms with E-state index in [1.54, 1.807) is 0 Å². The molecule has 4 nitrogen and oxygen atoms in total. The van der Waals surface area contributed by atoms with Crippen LogP contribution in [0.3, 0.4) is 0 Å². The molecule has 1 aliphatic heterocycles. The molecule has 156 valence electrons. The highest BCUT2D eigenvalue weighted by Gasteiger charge is 2.21. The molecule has 0 saturated heterocycles. The molecule has 0 aliphatic carbocycles. The molecule has 2 aromatic carbocycles. The summed E-state index contributed by atoms with van der Waals surface area (Å²) in [4.78, 5) is 2.98. The summed E-state index contributed by atoms with van der Waals surface area (Å²) >= 11 is 0. The first-order chi connectivity index (χ1) is 13.4. The first-order valence-electron chi connectivity index (χ1n) is 10.0. The molecule has 2 aromatic rings. The zero-order chi connectivity index (χ0) is 20.9. The monoisotopic (exact) mass is 404 g/mol.